The summed E-state index contributed by atoms with van der Waals surface area (Å²) < 4.78 is 1.95. The Morgan fingerprint density at radius 1 is 1.33 bits per heavy atom. The van der Waals surface area contributed by atoms with Crippen molar-refractivity contribution in [2.75, 3.05) is 0 Å². The van der Waals surface area contributed by atoms with E-state index in [-0.39, 0.29) is 6.04 Å². The predicted octanol–water partition coefficient (Wildman–Crippen LogP) is 3.11. The molecule has 5 nitrogen and oxygen atoms in total. The first-order chi connectivity index (χ1) is 10.3. The summed E-state index contributed by atoms with van der Waals surface area (Å²) in [4.78, 5) is 19.0. The molecule has 5 heteroatoms. The van der Waals surface area contributed by atoms with Crippen molar-refractivity contribution in [3.05, 3.63) is 36.9 Å². The molecule has 106 valence electrons. The zero-order chi connectivity index (χ0) is 14.2. The molecule has 1 unspecified atom stereocenters. The van der Waals surface area contributed by atoms with Crippen LogP contribution in [0, 0.1) is 0 Å². The van der Waals surface area contributed by atoms with Crippen molar-refractivity contribution >= 4 is 16.8 Å². The van der Waals surface area contributed by atoms with Crippen LogP contribution in [0.15, 0.2) is 36.9 Å². The lowest BCUT2D eigenvalue weighted by atomic mass is 9.94. The van der Waals surface area contributed by atoms with Crippen molar-refractivity contribution in [1.82, 2.24) is 19.7 Å². The molecule has 1 aliphatic carbocycles. The van der Waals surface area contributed by atoms with E-state index in [2.05, 4.69) is 15.1 Å². The lowest BCUT2D eigenvalue weighted by Gasteiger charge is -2.20. The molecule has 1 fully saturated rings. The first kappa shape index (κ1) is 12.3. The molecule has 3 aromatic heterocycles. The molecule has 21 heavy (non-hydrogen) atoms. The molecule has 0 aliphatic heterocycles. The first-order valence-corrected chi connectivity index (χ1v) is 7.29. The Labute approximate surface area is 122 Å². The molecular weight excluding hydrogens is 264 g/mol. The minimum Gasteiger partial charge on any atom is -0.346 e. The summed E-state index contributed by atoms with van der Waals surface area (Å²) in [6, 6.07) is 4.24. The van der Waals surface area contributed by atoms with Gasteiger partial charge in [-0.3, -0.25) is 9.48 Å². The summed E-state index contributed by atoms with van der Waals surface area (Å²) in [5.74, 6) is 0.347. The smallest absolute Gasteiger partial charge is 0.137 e. The van der Waals surface area contributed by atoms with E-state index < -0.39 is 0 Å². The summed E-state index contributed by atoms with van der Waals surface area (Å²) >= 11 is 0. The third-order valence-corrected chi connectivity index (χ3v) is 4.20. The molecule has 3 heterocycles. The fraction of sp³-hybridized carbons (Fsp3) is 0.312. The van der Waals surface area contributed by atoms with Gasteiger partial charge in [0, 0.05) is 42.4 Å². The normalized spacial score (nSPS) is 19.2. The molecule has 0 aromatic carbocycles. The van der Waals surface area contributed by atoms with Crippen LogP contribution in [0.2, 0.25) is 0 Å². The fourth-order valence-corrected chi connectivity index (χ4v) is 3.12. The van der Waals surface area contributed by atoms with Crippen LogP contribution in [-0.2, 0) is 4.79 Å². The van der Waals surface area contributed by atoms with Crippen LogP contribution in [0.4, 0.5) is 0 Å². The van der Waals surface area contributed by atoms with E-state index >= 15 is 0 Å². The van der Waals surface area contributed by atoms with Crippen molar-refractivity contribution in [3.8, 4) is 11.1 Å². The van der Waals surface area contributed by atoms with Crippen LogP contribution < -0.4 is 0 Å². The molecule has 0 bridgehead atoms. The van der Waals surface area contributed by atoms with Crippen LogP contribution in [0.3, 0.4) is 0 Å². The Bertz CT molecular complexity index is 801. The molecule has 1 atom stereocenters. The van der Waals surface area contributed by atoms with Gasteiger partial charge in [0.05, 0.1) is 12.2 Å². The molecule has 1 N–H and O–H groups in total. The van der Waals surface area contributed by atoms with Gasteiger partial charge in [0.1, 0.15) is 11.4 Å². The van der Waals surface area contributed by atoms with Crippen molar-refractivity contribution in [3.63, 3.8) is 0 Å². The molecule has 0 radical (unpaired) electrons. The van der Waals surface area contributed by atoms with Gasteiger partial charge in [-0.25, -0.2) is 4.98 Å². The third-order valence-electron chi connectivity index (χ3n) is 4.20. The quantitative estimate of drug-likeness (QED) is 0.784. The van der Waals surface area contributed by atoms with E-state index in [1.54, 1.807) is 6.20 Å². The number of aromatic amines is 1. The van der Waals surface area contributed by atoms with Crippen LogP contribution in [0.1, 0.15) is 31.7 Å². The van der Waals surface area contributed by atoms with Crippen LogP contribution in [-0.4, -0.2) is 25.5 Å². The van der Waals surface area contributed by atoms with Gasteiger partial charge in [-0.2, -0.15) is 5.10 Å². The van der Waals surface area contributed by atoms with Gasteiger partial charge in [-0.1, -0.05) is 0 Å². The van der Waals surface area contributed by atoms with Crippen molar-refractivity contribution in [1.29, 1.82) is 0 Å². The van der Waals surface area contributed by atoms with Crippen molar-refractivity contribution < 1.29 is 4.79 Å². The summed E-state index contributed by atoms with van der Waals surface area (Å²) in [6.45, 7) is 0. The number of hydrogen-bond acceptors (Lipinski definition) is 3. The first-order valence-electron chi connectivity index (χ1n) is 7.29. The van der Waals surface area contributed by atoms with Gasteiger partial charge in [0.25, 0.3) is 0 Å². The Morgan fingerprint density at radius 3 is 3.19 bits per heavy atom. The summed E-state index contributed by atoms with van der Waals surface area (Å²) in [5, 5.41) is 5.57. The maximum Gasteiger partial charge on any atom is 0.137 e. The van der Waals surface area contributed by atoms with Gasteiger partial charge >= 0.3 is 0 Å². The van der Waals surface area contributed by atoms with Crippen LogP contribution >= 0.6 is 0 Å². The minimum atomic E-state index is 0.212. The summed E-state index contributed by atoms with van der Waals surface area (Å²) in [7, 11) is 0. The number of ketones is 1. The van der Waals surface area contributed by atoms with E-state index in [9.17, 15) is 4.79 Å². The van der Waals surface area contributed by atoms with E-state index in [1.807, 2.05) is 35.4 Å². The zero-order valence-electron chi connectivity index (χ0n) is 11.6. The van der Waals surface area contributed by atoms with E-state index in [0.717, 1.165) is 41.4 Å². The van der Waals surface area contributed by atoms with Gasteiger partial charge in [-0.15, -0.1) is 0 Å². The van der Waals surface area contributed by atoms with Gasteiger partial charge < -0.3 is 4.98 Å². The molecule has 0 spiro atoms. The minimum absolute atomic E-state index is 0.212. The van der Waals surface area contributed by atoms with E-state index in [4.69, 9.17) is 0 Å². The number of aromatic nitrogens is 4. The summed E-state index contributed by atoms with van der Waals surface area (Å²) in [5.41, 5.74) is 3.07. The average molecular weight is 280 g/mol. The van der Waals surface area contributed by atoms with E-state index in [0.29, 0.717) is 12.2 Å². The Morgan fingerprint density at radius 2 is 2.29 bits per heavy atom. The van der Waals surface area contributed by atoms with Gasteiger partial charge in [0.2, 0.25) is 0 Å². The van der Waals surface area contributed by atoms with Gasteiger partial charge in [0.15, 0.2) is 0 Å². The third kappa shape index (κ3) is 2.14. The monoisotopic (exact) mass is 280 g/mol. The molecule has 4 rings (SSSR count). The number of nitrogens with one attached hydrogen (secondary N) is 1. The Balaban J connectivity index is 1.71. The maximum atomic E-state index is 11.6. The topological polar surface area (TPSA) is 63.6 Å². The highest BCUT2D eigenvalue weighted by molar-refractivity contribution is 5.92. The number of carbonyl (C=O) groups is 1. The molecule has 1 saturated carbocycles. The number of carbonyl (C=O) groups excluding carboxylic acids is 1. The second-order valence-corrected chi connectivity index (χ2v) is 5.60. The van der Waals surface area contributed by atoms with E-state index in [1.165, 1.54) is 0 Å². The fourth-order valence-electron chi connectivity index (χ4n) is 3.12. The average Bonchev–Trinajstić information content (AvgIpc) is 3.16. The zero-order valence-corrected chi connectivity index (χ0v) is 11.6. The number of rotatable bonds is 2. The lowest BCUT2D eigenvalue weighted by Crippen LogP contribution is -2.19. The Kier molecular flexibility index (Phi) is 2.84. The number of pyridine rings is 1. The lowest BCUT2D eigenvalue weighted by molar-refractivity contribution is -0.121. The number of Topliss-reactive ketones (excluding diaryl/α,β-unsaturated/α-hetero) is 1. The molecular formula is C16H16N4O. The largest absolute Gasteiger partial charge is 0.346 e. The van der Waals surface area contributed by atoms with Crippen molar-refractivity contribution in [2.24, 2.45) is 0 Å². The number of nitrogens with zero attached hydrogens (tertiary/aromatic N) is 3. The number of hydrogen-bond donors (Lipinski definition) is 1. The maximum absolute atomic E-state index is 11.6. The van der Waals surface area contributed by atoms with Crippen LogP contribution in [0.5, 0.6) is 0 Å². The highest BCUT2D eigenvalue weighted by atomic mass is 16.1. The SMILES string of the molecule is O=C1CCCC(n2cc(-c3ccnc4[nH]ccc34)cn2)C1. The second-order valence-electron chi connectivity index (χ2n) is 5.60. The van der Waals surface area contributed by atoms with Crippen molar-refractivity contribution in [2.45, 2.75) is 31.7 Å². The molecule has 3 aromatic rings. The molecule has 0 amide bonds. The second kappa shape index (κ2) is 4.84. The van der Waals surface area contributed by atoms with Crippen LogP contribution in [0.25, 0.3) is 22.2 Å². The standard InChI is InChI=1S/C16H16N4O/c21-13-3-1-2-12(8-13)20-10-11(9-19-20)14-4-6-17-16-15(14)5-7-18-16/h4-7,9-10,12H,1-3,8H2,(H,17,18). The predicted molar refractivity (Wildman–Crippen MR) is 79.8 cm³/mol. The highest BCUT2D eigenvalue weighted by Gasteiger charge is 2.21. The summed E-state index contributed by atoms with van der Waals surface area (Å²) in [6.07, 6.45) is 10.9. The van der Waals surface area contributed by atoms with Gasteiger partial charge in [-0.05, 0) is 30.5 Å². The molecule has 0 saturated heterocycles. The number of H-pyrrole nitrogens is 1. The molecule has 1 aliphatic rings. The highest BCUT2D eigenvalue weighted by Crippen LogP contribution is 2.30. The number of fused-ring (bicyclic) bond motifs is 1. The Hall–Kier alpha value is -2.43.